The van der Waals surface area contributed by atoms with E-state index < -0.39 is 0 Å². The molecule has 0 atom stereocenters. The fourth-order valence-electron chi connectivity index (χ4n) is 2.98. The maximum atomic E-state index is 11.7. The average Bonchev–Trinajstić information content (AvgIpc) is 2.82. The molecule has 23 heavy (non-hydrogen) atoms. The van der Waals surface area contributed by atoms with Crippen LogP contribution in [0.25, 0.3) is 0 Å². The Morgan fingerprint density at radius 1 is 1.04 bits per heavy atom. The van der Waals surface area contributed by atoms with Gasteiger partial charge in [0.15, 0.2) is 0 Å². The number of rotatable bonds is 12. The summed E-state index contributed by atoms with van der Waals surface area (Å²) in [5, 5.41) is 0.487. The van der Waals surface area contributed by atoms with E-state index in [-0.39, 0.29) is 5.97 Å². The molecular weight excluding hydrogens is 310 g/mol. The second-order valence-electron chi connectivity index (χ2n) is 6.31. The number of aromatic nitrogens is 1. The fraction of sp³-hybridized carbons (Fsp3) is 0.737. The third-order valence-corrected chi connectivity index (χ3v) is 4.74. The maximum absolute atomic E-state index is 11.7. The first-order valence-corrected chi connectivity index (χ1v) is 9.42. The molecule has 0 aliphatic rings. The van der Waals surface area contributed by atoms with Crippen molar-refractivity contribution in [2.24, 2.45) is 7.05 Å². The van der Waals surface area contributed by atoms with E-state index in [0.717, 1.165) is 18.5 Å². The Labute approximate surface area is 146 Å². The number of nitrogens with zero attached hydrogens (tertiary/aromatic N) is 1. The van der Waals surface area contributed by atoms with Crippen LogP contribution in [-0.4, -0.2) is 17.6 Å². The van der Waals surface area contributed by atoms with Crippen LogP contribution in [-0.2, 0) is 18.2 Å². The summed E-state index contributed by atoms with van der Waals surface area (Å²) in [6.45, 7) is 2.26. The molecule has 0 saturated heterocycles. The first-order valence-electron chi connectivity index (χ1n) is 9.04. The highest BCUT2D eigenvalue weighted by Crippen LogP contribution is 2.23. The van der Waals surface area contributed by atoms with Crippen LogP contribution in [0.15, 0.2) is 6.07 Å². The van der Waals surface area contributed by atoms with Crippen LogP contribution >= 0.6 is 11.6 Å². The third kappa shape index (κ3) is 6.99. The summed E-state index contributed by atoms with van der Waals surface area (Å²) in [5.41, 5.74) is 1.56. The zero-order valence-corrected chi connectivity index (χ0v) is 15.8. The van der Waals surface area contributed by atoms with E-state index in [0.29, 0.717) is 10.7 Å². The zero-order valence-electron chi connectivity index (χ0n) is 15.0. The molecule has 4 heteroatoms. The largest absolute Gasteiger partial charge is 0.464 e. The van der Waals surface area contributed by atoms with Crippen molar-refractivity contribution in [3.8, 4) is 0 Å². The van der Waals surface area contributed by atoms with Crippen LogP contribution in [0, 0.1) is 0 Å². The lowest BCUT2D eigenvalue weighted by atomic mass is 10.1. The highest BCUT2D eigenvalue weighted by molar-refractivity contribution is 6.33. The summed E-state index contributed by atoms with van der Waals surface area (Å²) in [6.07, 6.45) is 14.2. The molecule has 0 N–H and O–H groups in total. The molecule has 3 nitrogen and oxygen atoms in total. The van der Waals surface area contributed by atoms with Crippen LogP contribution in [0.1, 0.15) is 87.3 Å². The van der Waals surface area contributed by atoms with Crippen molar-refractivity contribution in [2.45, 2.75) is 77.6 Å². The zero-order chi connectivity index (χ0) is 17.1. The molecule has 0 aliphatic carbocycles. The van der Waals surface area contributed by atoms with Crippen LogP contribution in [0.5, 0.6) is 0 Å². The maximum Gasteiger partial charge on any atom is 0.356 e. The number of methoxy groups -OCH3 is 1. The predicted molar refractivity (Wildman–Crippen MR) is 97.3 cm³/mol. The first kappa shape index (κ1) is 20.1. The summed E-state index contributed by atoms with van der Waals surface area (Å²) in [5.74, 6) is -0.369. The van der Waals surface area contributed by atoms with E-state index in [1.54, 1.807) is 0 Å². The minimum atomic E-state index is -0.369. The van der Waals surface area contributed by atoms with Crippen molar-refractivity contribution in [3.63, 3.8) is 0 Å². The van der Waals surface area contributed by atoms with E-state index in [4.69, 9.17) is 16.3 Å². The number of unbranched alkanes of at least 4 members (excludes halogenated alkanes) is 9. The van der Waals surface area contributed by atoms with E-state index in [1.807, 2.05) is 17.7 Å². The number of aryl methyl sites for hydroxylation is 1. The Morgan fingerprint density at radius 2 is 1.57 bits per heavy atom. The minimum Gasteiger partial charge on any atom is -0.464 e. The van der Waals surface area contributed by atoms with Gasteiger partial charge in [0.05, 0.1) is 12.1 Å². The lowest BCUT2D eigenvalue weighted by Gasteiger charge is -2.06. The summed E-state index contributed by atoms with van der Waals surface area (Å²) >= 11 is 6.14. The van der Waals surface area contributed by atoms with Crippen molar-refractivity contribution >= 4 is 17.6 Å². The SMILES string of the molecule is CCCCCCCCCCCCc1cc(Cl)c(C(=O)OC)n1C. The lowest BCUT2D eigenvalue weighted by molar-refractivity contribution is 0.0590. The van der Waals surface area contributed by atoms with Gasteiger partial charge in [-0.2, -0.15) is 0 Å². The van der Waals surface area contributed by atoms with Gasteiger partial charge in [0, 0.05) is 12.7 Å². The molecule has 132 valence electrons. The first-order chi connectivity index (χ1) is 11.1. The van der Waals surface area contributed by atoms with Crippen molar-refractivity contribution in [1.82, 2.24) is 4.57 Å². The highest BCUT2D eigenvalue weighted by atomic mass is 35.5. The van der Waals surface area contributed by atoms with Crippen molar-refractivity contribution in [1.29, 1.82) is 0 Å². The Morgan fingerprint density at radius 3 is 2.09 bits per heavy atom. The van der Waals surface area contributed by atoms with Gasteiger partial charge in [0.1, 0.15) is 5.69 Å². The molecule has 1 heterocycles. The third-order valence-electron chi connectivity index (χ3n) is 4.45. The molecule has 0 saturated carbocycles. The van der Waals surface area contributed by atoms with Gasteiger partial charge in [-0.05, 0) is 18.9 Å². The smallest absolute Gasteiger partial charge is 0.356 e. The number of esters is 1. The summed E-state index contributed by atoms with van der Waals surface area (Å²) in [6, 6.07) is 1.89. The molecule has 0 fully saturated rings. The van der Waals surface area contributed by atoms with Gasteiger partial charge < -0.3 is 9.30 Å². The highest BCUT2D eigenvalue weighted by Gasteiger charge is 2.18. The van der Waals surface area contributed by atoms with Crippen LogP contribution < -0.4 is 0 Å². The van der Waals surface area contributed by atoms with Crippen molar-refractivity contribution in [2.75, 3.05) is 7.11 Å². The molecule has 0 unspecified atom stereocenters. The van der Waals surface area contributed by atoms with E-state index in [9.17, 15) is 4.79 Å². The second-order valence-corrected chi connectivity index (χ2v) is 6.72. The second kappa shape index (κ2) is 11.6. The summed E-state index contributed by atoms with van der Waals surface area (Å²) in [7, 11) is 3.26. The van der Waals surface area contributed by atoms with Gasteiger partial charge >= 0.3 is 5.97 Å². The van der Waals surface area contributed by atoms with Gasteiger partial charge in [-0.1, -0.05) is 76.3 Å². The number of hydrogen-bond donors (Lipinski definition) is 0. The molecule has 0 spiro atoms. The summed E-state index contributed by atoms with van der Waals surface area (Å²) in [4.78, 5) is 11.7. The minimum absolute atomic E-state index is 0.369. The Hall–Kier alpha value is -0.960. The number of ether oxygens (including phenoxy) is 1. The van der Waals surface area contributed by atoms with Crippen LogP contribution in [0.4, 0.5) is 0 Å². The molecule has 1 aromatic rings. The average molecular weight is 342 g/mol. The molecular formula is C19H32ClNO2. The van der Waals surface area contributed by atoms with E-state index in [2.05, 4.69) is 6.92 Å². The lowest BCUT2D eigenvalue weighted by Crippen LogP contribution is -2.10. The molecule has 0 radical (unpaired) electrons. The topological polar surface area (TPSA) is 31.2 Å². The molecule has 0 bridgehead atoms. The standard InChI is InChI=1S/C19H32ClNO2/c1-4-5-6-7-8-9-10-11-12-13-14-16-15-17(20)18(21(16)2)19(22)23-3/h15H,4-14H2,1-3H3. The monoisotopic (exact) mass is 341 g/mol. The van der Waals surface area contributed by atoms with Crippen molar-refractivity contribution < 1.29 is 9.53 Å². The molecule has 0 aromatic carbocycles. The molecule has 0 amide bonds. The Bertz CT molecular complexity index is 468. The number of carbonyl (C=O) groups excluding carboxylic acids is 1. The van der Waals surface area contributed by atoms with Crippen LogP contribution in [0.2, 0.25) is 5.02 Å². The van der Waals surface area contributed by atoms with Gasteiger partial charge in [-0.25, -0.2) is 4.79 Å². The Kier molecular flexibility index (Phi) is 10.1. The predicted octanol–water partition coefficient (Wildman–Crippen LogP) is 5.93. The van der Waals surface area contributed by atoms with Gasteiger partial charge in [-0.15, -0.1) is 0 Å². The van der Waals surface area contributed by atoms with E-state index >= 15 is 0 Å². The fourth-order valence-corrected chi connectivity index (χ4v) is 3.31. The van der Waals surface area contributed by atoms with Gasteiger partial charge in [0.2, 0.25) is 0 Å². The molecule has 1 aromatic heterocycles. The van der Waals surface area contributed by atoms with Crippen LogP contribution in [0.3, 0.4) is 0 Å². The number of halogens is 1. The normalized spacial score (nSPS) is 11.0. The quantitative estimate of drug-likeness (QED) is 0.348. The van der Waals surface area contributed by atoms with Gasteiger partial charge in [0.25, 0.3) is 0 Å². The van der Waals surface area contributed by atoms with Gasteiger partial charge in [-0.3, -0.25) is 0 Å². The molecule has 0 aliphatic heterocycles. The van der Waals surface area contributed by atoms with E-state index in [1.165, 1.54) is 64.9 Å². The molecule has 1 rings (SSSR count). The summed E-state index contributed by atoms with van der Waals surface area (Å²) < 4.78 is 6.64. The van der Waals surface area contributed by atoms with Crippen molar-refractivity contribution in [3.05, 3.63) is 22.5 Å². The number of hydrogen-bond acceptors (Lipinski definition) is 2. The Balaban J connectivity index is 2.18. The number of carbonyl (C=O) groups is 1.